The van der Waals surface area contributed by atoms with Crippen LogP contribution in [0.4, 0.5) is 0 Å². The second-order valence-corrected chi connectivity index (χ2v) is 5.31. The smallest absolute Gasteiger partial charge is 0.0449 e. The minimum Gasteiger partial charge on any atom is -0.396 e. The maximum Gasteiger partial charge on any atom is 0.0449 e. The summed E-state index contributed by atoms with van der Waals surface area (Å²) in [6.45, 7) is 0.233. The van der Waals surface area contributed by atoms with Crippen LogP contribution in [0.2, 0.25) is 0 Å². The zero-order valence-corrected chi connectivity index (χ0v) is 10.5. The van der Waals surface area contributed by atoms with E-state index in [1.807, 2.05) is 18.8 Å². The molecule has 0 amide bonds. The molecule has 1 aliphatic heterocycles. The van der Waals surface area contributed by atoms with Gasteiger partial charge in [0.1, 0.15) is 0 Å². The lowest BCUT2D eigenvalue weighted by Gasteiger charge is -2.20. The van der Waals surface area contributed by atoms with E-state index in [-0.39, 0.29) is 12.6 Å². The summed E-state index contributed by atoms with van der Waals surface area (Å²) in [7, 11) is 1.95. The number of fused-ring (bicyclic) bond motifs is 1. The molecule has 1 heterocycles. The summed E-state index contributed by atoms with van der Waals surface area (Å²) in [5, 5.41) is 12.3. The first-order valence-electron chi connectivity index (χ1n) is 5.89. The predicted octanol–water partition coefficient (Wildman–Crippen LogP) is 2.37. The van der Waals surface area contributed by atoms with E-state index in [1.165, 1.54) is 34.6 Å². The topological polar surface area (TPSA) is 32.3 Å². The summed E-state index contributed by atoms with van der Waals surface area (Å²) >= 11 is 1.96. The van der Waals surface area contributed by atoms with Crippen LogP contribution in [0.5, 0.6) is 0 Å². The van der Waals surface area contributed by atoms with Crippen molar-refractivity contribution in [2.24, 2.45) is 0 Å². The van der Waals surface area contributed by atoms with E-state index < -0.39 is 0 Å². The molecule has 0 saturated heterocycles. The first kappa shape index (κ1) is 12.0. The van der Waals surface area contributed by atoms with Gasteiger partial charge in [0.15, 0.2) is 0 Å². The molecule has 2 N–H and O–H groups in total. The lowest BCUT2D eigenvalue weighted by atomic mass is 9.99. The Balaban J connectivity index is 2.21. The van der Waals surface area contributed by atoms with E-state index in [4.69, 9.17) is 5.11 Å². The Bertz CT molecular complexity index is 354. The first-order valence-corrected chi connectivity index (χ1v) is 6.87. The second kappa shape index (κ2) is 5.71. The molecule has 0 aromatic heterocycles. The predicted molar refractivity (Wildman–Crippen MR) is 69.0 cm³/mol. The molecule has 0 spiro atoms. The number of aryl methyl sites for hydroxylation is 1. The van der Waals surface area contributed by atoms with Crippen molar-refractivity contribution in [2.45, 2.75) is 30.2 Å². The fraction of sp³-hybridized carbons (Fsp3) is 0.538. The van der Waals surface area contributed by atoms with E-state index in [0.717, 1.165) is 6.42 Å². The first-order chi connectivity index (χ1) is 7.85. The second-order valence-electron chi connectivity index (χ2n) is 4.17. The van der Waals surface area contributed by atoms with Crippen LogP contribution < -0.4 is 5.32 Å². The molecule has 1 unspecified atom stereocenters. The third-order valence-electron chi connectivity index (χ3n) is 3.10. The molecule has 1 aliphatic rings. The third-order valence-corrected chi connectivity index (χ3v) is 4.30. The monoisotopic (exact) mass is 237 g/mol. The highest BCUT2D eigenvalue weighted by atomic mass is 32.2. The average Bonchev–Trinajstić information content (AvgIpc) is 2.35. The van der Waals surface area contributed by atoms with Gasteiger partial charge in [0.05, 0.1) is 0 Å². The van der Waals surface area contributed by atoms with Crippen LogP contribution in [0.3, 0.4) is 0 Å². The Hall–Kier alpha value is -0.510. The van der Waals surface area contributed by atoms with Gasteiger partial charge >= 0.3 is 0 Å². The van der Waals surface area contributed by atoms with Gasteiger partial charge in [-0.2, -0.15) is 0 Å². The van der Waals surface area contributed by atoms with Crippen molar-refractivity contribution in [2.75, 3.05) is 19.4 Å². The number of benzene rings is 1. The molecule has 2 nitrogen and oxygen atoms in total. The van der Waals surface area contributed by atoms with Crippen molar-refractivity contribution in [3.05, 3.63) is 29.3 Å². The summed E-state index contributed by atoms with van der Waals surface area (Å²) in [5.74, 6) is 1.25. The molecule has 0 saturated carbocycles. The molecule has 16 heavy (non-hydrogen) atoms. The summed E-state index contributed by atoms with van der Waals surface area (Å²) in [4.78, 5) is 1.44. The number of hydrogen-bond donors (Lipinski definition) is 2. The lowest BCUT2D eigenvalue weighted by molar-refractivity contribution is 0.269. The molecule has 1 aromatic rings. The Labute approximate surface area is 101 Å². The van der Waals surface area contributed by atoms with Gasteiger partial charge < -0.3 is 10.4 Å². The SMILES string of the molecule is CNC(CCO)c1ccc2c(c1)CCCS2. The Morgan fingerprint density at radius 1 is 1.50 bits per heavy atom. The number of rotatable bonds is 4. The van der Waals surface area contributed by atoms with Crippen LogP contribution in [0.1, 0.15) is 30.0 Å². The van der Waals surface area contributed by atoms with Gasteiger partial charge in [-0.3, -0.25) is 0 Å². The van der Waals surface area contributed by atoms with Crippen LogP contribution in [-0.2, 0) is 6.42 Å². The standard InChI is InChI=1S/C13H19NOS/c1-14-12(6-7-15)10-4-5-13-11(9-10)3-2-8-16-13/h4-5,9,12,14-15H,2-3,6-8H2,1H3. The fourth-order valence-corrected chi connectivity index (χ4v) is 3.22. The summed E-state index contributed by atoms with van der Waals surface area (Å²) in [5.41, 5.74) is 2.78. The average molecular weight is 237 g/mol. The van der Waals surface area contributed by atoms with E-state index in [2.05, 4.69) is 23.5 Å². The van der Waals surface area contributed by atoms with Crippen molar-refractivity contribution in [3.63, 3.8) is 0 Å². The van der Waals surface area contributed by atoms with Gasteiger partial charge in [0.25, 0.3) is 0 Å². The normalized spacial score (nSPS) is 16.9. The number of hydrogen-bond acceptors (Lipinski definition) is 3. The minimum absolute atomic E-state index is 0.233. The largest absolute Gasteiger partial charge is 0.396 e. The highest BCUT2D eigenvalue weighted by Crippen LogP contribution is 2.32. The minimum atomic E-state index is 0.233. The van der Waals surface area contributed by atoms with Crippen LogP contribution >= 0.6 is 11.8 Å². The molecule has 1 aromatic carbocycles. The van der Waals surface area contributed by atoms with Crippen LogP contribution in [0.15, 0.2) is 23.1 Å². The molecule has 0 fully saturated rings. The molecule has 0 aliphatic carbocycles. The van der Waals surface area contributed by atoms with Crippen molar-refractivity contribution in [1.82, 2.24) is 5.32 Å². The quantitative estimate of drug-likeness (QED) is 0.843. The van der Waals surface area contributed by atoms with Crippen LogP contribution in [0, 0.1) is 0 Å². The Morgan fingerprint density at radius 3 is 3.12 bits per heavy atom. The van der Waals surface area contributed by atoms with Gasteiger partial charge in [0.2, 0.25) is 0 Å². The maximum absolute atomic E-state index is 9.02. The molecule has 0 radical (unpaired) electrons. The summed E-state index contributed by atoms with van der Waals surface area (Å²) in [6.07, 6.45) is 3.26. The van der Waals surface area contributed by atoms with E-state index in [0.29, 0.717) is 0 Å². The molecular weight excluding hydrogens is 218 g/mol. The van der Waals surface area contributed by atoms with Crippen LogP contribution in [-0.4, -0.2) is 24.5 Å². The fourth-order valence-electron chi connectivity index (χ4n) is 2.20. The number of aliphatic hydroxyl groups is 1. The van der Waals surface area contributed by atoms with Crippen molar-refractivity contribution >= 4 is 11.8 Å². The number of thioether (sulfide) groups is 1. The van der Waals surface area contributed by atoms with E-state index in [9.17, 15) is 0 Å². The van der Waals surface area contributed by atoms with E-state index >= 15 is 0 Å². The molecule has 3 heteroatoms. The Morgan fingerprint density at radius 2 is 2.38 bits per heavy atom. The maximum atomic E-state index is 9.02. The Kier molecular flexibility index (Phi) is 4.27. The summed E-state index contributed by atoms with van der Waals surface area (Å²) in [6, 6.07) is 7.00. The van der Waals surface area contributed by atoms with Crippen molar-refractivity contribution in [3.8, 4) is 0 Å². The van der Waals surface area contributed by atoms with Gasteiger partial charge in [0, 0.05) is 17.5 Å². The van der Waals surface area contributed by atoms with Gasteiger partial charge in [-0.1, -0.05) is 12.1 Å². The van der Waals surface area contributed by atoms with Gasteiger partial charge in [-0.25, -0.2) is 0 Å². The van der Waals surface area contributed by atoms with Gasteiger partial charge in [-0.05, 0) is 49.3 Å². The van der Waals surface area contributed by atoms with Gasteiger partial charge in [-0.15, -0.1) is 11.8 Å². The van der Waals surface area contributed by atoms with E-state index in [1.54, 1.807) is 0 Å². The highest BCUT2D eigenvalue weighted by molar-refractivity contribution is 7.99. The van der Waals surface area contributed by atoms with Crippen LogP contribution in [0.25, 0.3) is 0 Å². The van der Waals surface area contributed by atoms with Crippen molar-refractivity contribution in [1.29, 1.82) is 0 Å². The molecular formula is C13H19NOS. The molecule has 1 atom stereocenters. The molecule has 2 rings (SSSR count). The zero-order chi connectivity index (χ0) is 11.4. The summed E-state index contributed by atoms with van der Waals surface area (Å²) < 4.78 is 0. The number of aliphatic hydroxyl groups excluding tert-OH is 1. The number of nitrogens with one attached hydrogen (secondary N) is 1. The third kappa shape index (κ3) is 2.59. The molecule has 0 bridgehead atoms. The lowest BCUT2D eigenvalue weighted by Crippen LogP contribution is -2.18. The molecule has 88 valence electrons. The zero-order valence-electron chi connectivity index (χ0n) is 9.70. The van der Waals surface area contributed by atoms with Crippen molar-refractivity contribution < 1.29 is 5.11 Å². The highest BCUT2D eigenvalue weighted by Gasteiger charge is 2.13.